The summed E-state index contributed by atoms with van der Waals surface area (Å²) in [6.45, 7) is 2.56. The average molecular weight is 533 g/mol. The minimum absolute atomic E-state index is 0.00819. The van der Waals surface area contributed by atoms with Gasteiger partial charge in [0.05, 0.1) is 24.4 Å². The smallest absolute Gasteiger partial charge is 0.182 e. The summed E-state index contributed by atoms with van der Waals surface area (Å²) in [6, 6.07) is 6.99. The highest BCUT2D eigenvalue weighted by atomic mass is 19.2. The fourth-order valence-corrected chi connectivity index (χ4v) is 5.28. The van der Waals surface area contributed by atoms with Crippen LogP contribution in [-0.4, -0.2) is 60.0 Å². The molecule has 7 nitrogen and oxygen atoms in total. The Bertz CT molecular complexity index is 1250. The number of likely N-dealkylation sites (tertiary alicyclic amines) is 1. The van der Waals surface area contributed by atoms with E-state index in [9.17, 15) is 23.4 Å². The molecule has 5 N–H and O–H groups in total. The molecule has 1 aromatic heterocycles. The lowest BCUT2D eigenvalue weighted by Crippen LogP contribution is -2.43. The first-order valence-electron chi connectivity index (χ1n) is 12.8. The van der Waals surface area contributed by atoms with Crippen LogP contribution in [0.15, 0.2) is 36.5 Å². The van der Waals surface area contributed by atoms with Crippen molar-refractivity contribution < 1.29 is 28.1 Å². The highest BCUT2D eigenvalue weighted by Crippen LogP contribution is 2.39. The monoisotopic (exact) mass is 532 g/mol. The molecule has 3 aromatic rings. The lowest BCUT2D eigenvalue weighted by Gasteiger charge is -2.41. The number of rotatable bonds is 11. The van der Waals surface area contributed by atoms with Crippen LogP contribution in [0.5, 0.6) is 5.75 Å². The molecule has 38 heavy (non-hydrogen) atoms. The number of aliphatic hydroxyl groups excluding tert-OH is 2. The van der Waals surface area contributed by atoms with Gasteiger partial charge in [0.1, 0.15) is 11.6 Å². The number of ether oxygens (including phenoxy) is 1. The third kappa shape index (κ3) is 6.20. The zero-order valence-electron chi connectivity index (χ0n) is 21.5. The second-order valence-corrected chi connectivity index (χ2v) is 10.0. The fourth-order valence-electron chi connectivity index (χ4n) is 5.28. The summed E-state index contributed by atoms with van der Waals surface area (Å²) in [7, 11) is 1.59. The summed E-state index contributed by atoms with van der Waals surface area (Å²) in [4.78, 5) is 6.63. The molecule has 0 amide bonds. The molecule has 1 saturated heterocycles. The number of benzene rings is 2. The van der Waals surface area contributed by atoms with Crippen molar-refractivity contribution in [2.75, 3.05) is 45.2 Å². The van der Waals surface area contributed by atoms with Crippen LogP contribution in [0.25, 0.3) is 10.9 Å². The Labute approximate surface area is 220 Å². The SMILES string of the molecule is COc1ccc2ncc(CN)c([C@@H](O)CCC3(CO)CCN(CCNc4cc(F)cc(F)c4F)CC3)c2c1. The van der Waals surface area contributed by atoms with Gasteiger partial charge in [0, 0.05) is 50.0 Å². The first-order chi connectivity index (χ1) is 18.3. The number of nitrogens with one attached hydrogen (secondary N) is 1. The van der Waals surface area contributed by atoms with Crippen molar-refractivity contribution in [1.29, 1.82) is 0 Å². The molecule has 0 aliphatic carbocycles. The predicted molar refractivity (Wildman–Crippen MR) is 140 cm³/mol. The molecule has 1 atom stereocenters. The number of pyridine rings is 1. The van der Waals surface area contributed by atoms with Crippen LogP contribution < -0.4 is 15.8 Å². The number of nitrogens with two attached hydrogens (primary N) is 1. The topological polar surface area (TPSA) is 104 Å². The lowest BCUT2D eigenvalue weighted by atomic mass is 9.74. The van der Waals surface area contributed by atoms with E-state index in [1.54, 1.807) is 13.3 Å². The molecule has 206 valence electrons. The lowest BCUT2D eigenvalue weighted by molar-refractivity contribution is 0.0247. The van der Waals surface area contributed by atoms with Crippen molar-refractivity contribution in [3.05, 3.63) is 65.1 Å². The van der Waals surface area contributed by atoms with Crippen LogP contribution in [0.3, 0.4) is 0 Å². The molecule has 2 heterocycles. The minimum Gasteiger partial charge on any atom is -0.497 e. The van der Waals surface area contributed by atoms with Crippen molar-refractivity contribution in [1.82, 2.24) is 9.88 Å². The number of aliphatic hydroxyl groups is 2. The van der Waals surface area contributed by atoms with Gasteiger partial charge in [-0.2, -0.15) is 0 Å². The average Bonchev–Trinajstić information content (AvgIpc) is 2.94. The largest absolute Gasteiger partial charge is 0.497 e. The van der Waals surface area contributed by atoms with Gasteiger partial charge in [-0.3, -0.25) is 4.98 Å². The van der Waals surface area contributed by atoms with Crippen LogP contribution in [0.2, 0.25) is 0 Å². The molecule has 0 unspecified atom stereocenters. The van der Waals surface area contributed by atoms with Crippen molar-refractivity contribution >= 4 is 16.6 Å². The van der Waals surface area contributed by atoms with Crippen molar-refractivity contribution in [2.45, 2.75) is 38.3 Å². The molecule has 1 aliphatic rings. The predicted octanol–water partition coefficient (Wildman–Crippen LogP) is 4.12. The zero-order valence-corrected chi connectivity index (χ0v) is 21.5. The molecular formula is C28H35F3N4O3. The molecule has 0 bridgehead atoms. The Morgan fingerprint density at radius 1 is 1.18 bits per heavy atom. The Hall–Kier alpha value is -2.92. The van der Waals surface area contributed by atoms with E-state index in [4.69, 9.17) is 10.5 Å². The van der Waals surface area contributed by atoms with E-state index in [0.29, 0.717) is 50.8 Å². The van der Waals surface area contributed by atoms with Crippen LogP contribution >= 0.6 is 0 Å². The Morgan fingerprint density at radius 2 is 1.95 bits per heavy atom. The second-order valence-electron chi connectivity index (χ2n) is 10.0. The van der Waals surface area contributed by atoms with E-state index in [1.807, 2.05) is 18.2 Å². The summed E-state index contributed by atoms with van der Waals surface area (Å²) in [5.74, 6) is -2.49. The summed E-state index contributed by atoms with van der Waals surface area (Å²) in [5, 5.41) is 25.1. The maximum absolute atomic E-state index is 13.9. The van der Waals surface area contributed by atoms with E-state index in [2.05, 4.69) is 15.2 Å². The number of aromatic nitrogens is 1. The van der Waals surface area contributed by atoms with Crippen molar-refractivity contribution in [3.63, 3.8) is 0 Å². The quantitative estimate of drug-likeness (QED) is 0.276. The Kier molecular flexibility index (Phi) is 9.09. The number of hydrogen-bond acceptors (Lipinski definition) is 7. The summed E-state index contributed by atoms with van der Waals surface area (Å²) >= 11 is 0. The van der Waals surface area contributed by atoms with E-state index >= 15 is 0 Å². The van der Waals surface area contributed by atoms with E-state index in [0.717, 1.165) is 40.9 Å². The number of fused-ring (bicyclic) bond motifs is 1. The van der Waals surface area contributed by atoms with E-state index < -0.39 is 23.6 Å². The third-order valence-electron chi connectivity index (χ3n) is 7.69. The highest BCUT2D eigenvalue weighted by Gasteiger charge is 2.34. The van der Waals surface area contributed by atoms with Gasteiger partial charge < -0.3 is 30.9 Å². The first kappa shape index (κ1) is 28.1. The minimum atomic E-state index is -1.22. The normalized spacial score (nSPS) is 16.5. The van der Waals surface area contributed by atoms with Gasteiger partial charge in [0.25, 0.3) is 0 Å². The summed E-state index contributed by atoms with van der Waals surface area (Å²) < 4.78 is 46.0. The number of piperidine rings is 1. The Morgan fingerprint density at radius 3 is 2.63 bits per heavy atom. The van der Waals surface area contributed by atoms with Gasteiger partial charge in [-0.25, -0.2) is 13.2 Å². The molecule has 0 radical (unpaired) electrons. The van der Waals surface area contributed by atoms with Gasteiger partial charge >= 0.3 is 0 Å². The van der Waals surface area contributed by atoms with Gasteiger partial charge in [-0.05, 0) is 73.5 Å². The van der Waals surface area contributed by atoms with E-state index in [-0.39, 0.29) is 24.3 Å². The van der Waals surface area contributed by atoms with Gasteiger partial charge in [0.15, 0.2) is 11.6 Å². The maximum atomic E-state index is 13.9. The van der Waals surface area contributed by atoms with Gasteiger partial charge in [-0.15, -0.1) is 0 Å². The molecular weight excluding hydrogens is 497 g/mol. The standard InChI is InChI=1S/C28H35F3N4O3/c1-38-20-2-3-23-21(14-20)26(18(15-32)16-34-23)25(37)4-5-28(17-36)6-9-35(10-7-28)11-8-33-24-13-19(29)12-22(30)27(24)31/h2-3,12-14,16,25,33,36-37H,4-11,15,17,32H2,1H3/t25-/m0/s1. The number of nitrogens with zero attached hydrogens (tertiary/aromatic N) is 2. The number of anilines is 1. The maximum Gasteiger partial charge on any atom is 0.182 e. The van der Waals surface area contributed by atoms with E-state index in [1.165, 1.54) is 0 Å². The van der Waals surface area contributed by atoms with Crippen molar-refractivity contribution in [3.8, 4) is 5.75 Å². The molecule has 0 saturated carbocycles. The van der Waals surface area contributed by atoms with Crippen LogP contribution in [0.4, 0.5) is 18.9 Å². The van der Waals surface area contributed by atoms with Crippen LogP contribution in [0.1, 0.15) is 42.9 Å². The molecule has 1 aliphatic heterocycles. The summed E-state index contributed by atoms with van der Waals surface area (Å²) in [6.07, 6.45) is 3.46. The second kappa shape index (κ2) is 12.3. The molecule has 1 fully saturated rings. The highest BCUT2D eigenvalue weighted by molar-refractivity contribution is 5.85. The molecule has 2 aromatic carbocycles. The number of hydrogen-bond donors (Lipinski definition) is 4. The number of methoxy groups -OCH3 is 1. The number of halogens is 3. The Balaban J connectivity index is 1.35. The zero-order chi connectivity index (χ0) is 27.3. The van der Waals surface area contributed by atoms with Crippen LogP contribution in [0, 0.1) is 22.9 Å². The first-order valence-corrected chi connectivity index (χ1v) is 12.8. The van der Waals surface area contributed by atoms with Gasteiger partial charge in [0.2, 0.25) is 0 Å². The van der Waals surface area contributed by atoms with Gasteiger partial charge in [-0.1, -0.05) is 0 Å². The third-order valence-corrected chi connectivity index (χ3v) is 7.69. The summed E-state index contributed by atoms with van der Waals surface area (Å²) in [5.41, 5.74) is 7.70. The molecule has 4 rings (SSSR count). The molecule has 10 heteroatoms. The van der Waals surface area contributed by atoms with Crippen molar-refractivity contribution in [2.24, 2.45) is 11.1 Å². The fraction of sp³-hybridized carbons (Fsp3) is 0.464. The molecule has 0 spiro atoms. The van der Waals surface area contributed by atoms with Crippen LogP contribution in [-0.2, 0) is 6.54 Å².